The van der Waals surface area contributed by atoms with E-state index < -0.39 is 0 Å². The summed E-state index contributed by atoms with van der Waals surface area (Å²) in [6, 6.07) is 7.48. The summed E-state index contributed by atoms with van der Waals surface area (Å²) in [5.74, 6) is 0.177. The Balaban J connectivity index is 1.96. The average Bonchev–Trinajstić information content (AvgIpc) is 2.53. The van der Waals surface area contributed by atoms with Crippen molar-refractivity contribution in [2.45, 2.75) is 0 Å². The van der Waals surface area contributed by atoms with Gasteiger partial charge in [0, 0.05) is 26.2 Å². The number of piperazine rings is 1. The van der Waals surface area contributed by atoms with Crippen LogP contribution in [-0.2, 0) is 0 Å². The van der Waals surface area contributed by atoms with E-state index >= 15 is 0 Å². The van der Waals surface area contributed by atoms with Crippen LogP contribution in [0.2, 0.25) is 0 Å². The first-order chi connectivity index (χ1) is 10.2. The van der Waals surface area contributed by atoms with E-state index in [0.717, 1.165) is 18.6 Å². The highest BCUT2D eigenvalue weighted by molar-refractivity contribution is 5.96. The van der Waals surface area contributed by atoms with Gasteiger partial charge in [-0.05, 0) is 19.2 Å². The van der Waals surface area contributed by atoms with E-state index in [2.05, 4.69) is 21.9 Å². The second-order valence-electron chi connectivity index (χ2n) is 5.17. The van der Waals surface area contributed by atoms with E-state index in [1.165, 1.54) is 7.11 Å². The first kappa shape index (κ1) is 13.8. The first-order valence-corrected chi connectivity index (χ1v) is 6.97. The van der Waals surface area contributed by atoms with Gasteiger partial charge in [0.1, 0.15) is 0 Å². The molecule has 0 aliphatic carbocycles. The van der Waals surface area contributed by atoms with Gasteiger partial charge >= 0.3 is 0 Å². The summed E-state index contributed by atoms with van der Waals surface area (Å²) in [4.78, 5) is 25.5. The van der Waals surface area contributed by atoms with Crippen molar-refractivity contribution in [3.8, 4) is 5.88 Å². The Bertz CT molecular complexity index is 666. The van der Waals surface area contributed by atoms with Gasteiger partial charge in [0.05, 0.1) is 18.1 Å². The number of fused-ring (bicyclic) bond motifs is 1. The van der Waals surface area contributed by atoms with Crippen LogP contribution in [0.4, 0.5) is 0 Å². The number of hydrogen-bond donors (Lipinski definition) is 0. The number of likely N-dealkylation sites (N-methyl/N-ethyl adjacent to an activating group) is 1. The van der Waals surface area contributed by atoms with Gasteiger partial charge in [-0.25, -0.2) is 9.97 Å². The predicted molar refractivity (Wildman–Crippen MR) is 79.5 cm³/mol. The zero-order chi connectivity index (χ0) is 14.8. The number of ether oxygens (including phenoxy) is 1. The quantitative estimate of drug-likeness (QED) is 0.825. The minimum Gasteiger partial charge on any atom is -0.479 e. The predicted octanol–water partition coefficient (Wildman–Crippen LogP) is 1.03. The number of rotatable bonds is 2. The summed E-state index contributed by atoms with van der Waals surface area (Å²) in [7, 11) is 3.57. The van der Waals surface area contributed by atoms with Crippen LogP contribution in [0.5, 0.6) is 5.88 Å². The van der Waals surface area contributed by atoms with Crippen molar-refractivity contribution in [2.75, 3.05) is 40.3 Å². The topological polar surface area (TPSA) is 58.6 Å². The lowest BCUT2D eigenvalue weighted by molar-refractivity contribution is 0.0654. The van der Waals surface area contributed by atoms with Crippen LogP contribution < -0.4 is 4.74 Å². The molecule has 1 aliphatic rings. The van der Waals surface area contributed by atoms with Gasteiger partial charge in [0.2, 0.25) is 5.88 Å². The number of para-hydroxylation sites is 2. The lowest BCUT2D eigenvalue weighted by Gasteiger charge is -2.32. The molecule has 1 fully saturated rings. The molecule has 1 saturated heterocycles. The Hall–Kier alpha value is -2.21. The molecular formula is C15H18N4O2. The van der Waals surface area contributed by atoms with Crippen LogP contribution in [0.3, 0.4) is 0 Å². The molecule has 1 aliphatic heterocycles. The summed E-state index contributed by atoms with van der Waals surface area (Å²) < 4.78 is 5.25. The molecule has 6 heteroatoms. The lowest BCUT2D eigenvalue weighted by atomic mass is 10.2. The van der Waals surface area contributed by atoms with Crippen LogP contribution >= 0.6 is 0 Å². The molecule has 3 rings (SSSR count). The molecule has 2 heterocycles. The molecule has 6 nitrogen and oxygen atoms in total. The number of aromatic nitrogens is 2. The molecule has 21 heavy (non-hydrogen) atoms. The number of carbonyl (C=O) groups excluding carboxylic acids is 1. The number of amides is 1. The zero-order valence-electron chi connectivity index (χ0n) is 12.2. The van der Waals surface area contributed by atoms with E-state index in [-0.39, 0.29) is 11.8 Å². The summed E-state index contributed by atoms with van der Waals surface area (Å²) in [5.41, 5.74) is 1.72. The van der Waals surface area contributed by atoms with Crippen molar-refractivity contribution < 1.29 is 9.53 Å². The monoisotopic (exact) mass is 286 g/mol. The number of benzene rings is 1. The Morgan fingerprint density at radius 2 is 1.71 bits per heavy atom. The molecule has 0 unspecified atom stereocenters. The SMILES string of the molecule is COc1nc2ccccc2nc1C(=O)N1CCN(C)CC1. The number of carbonyl (C=O) groups is 1. The van der Waals surface area contributed by atoms with Crippen LogP contribution in [0.15, 0.2) is 24.3 Å². The van der Waals surface area contributed by atoms with Gasteiger partial charge in [-0.15, -0.1) is 0 Å². The smallest absolute Gasteiger partial charge is 0.278 e. The fourth-order valence-electron chi connectivity index (χ4n) is 2.42. The summed E-state index contributed by atoms with van der Waals surface area (Å²) in [6.45, 7) is 3.14. The third kappa shape index (κ3) is 2.67. The highest BCUT2D eigenvalue weighted by atomic mass is 16.5. The second-order valence-corrected chi connectivity index (χ2v) is 5.17. The van der Waals surface area contributed by atoms with Crippen molar-refractivity contribution in [3.63, 3.8) is 0 Å². The molecule has 1 aromatic heterocycles. The molecule has 0 N–H and O–H groups in total. The molecular weight excluding hydrogens is 268 g/mol. The Kier molecular flexibility index (Phi) is 3.70. The van der Waals surface area contributed by atoms with Crippen molar-refractivity contribution in [2.24, 2.45) is 0 Å². The van der Waals surface area contributed by atoms with Crippen molar-refractivity contribution in [1.29, 1.82) is 0 Å². The van der Waals surface area contributed by atoms with E-state index in [1.54, 1.807) is 4.90 Å². The molecule has 0 saturated carbocycles. The molecule has 0 bridgehead atoms. The van der Waals surface area contributed by atoms with Crippen LogP contribution in [-0.4, -0.2) is 66.0 Å². The number of methoxy groups -OCH3 is 1. The van der Waals surface area contributed by atoms with E-state index in [0.29, 0.717) is 24.3 Å². The maximum absolute atomic E-state index is 12.7. The maximum atomic E-state index is 12.7. The van der Waals surface area contributed by atoms with Crippen molar-refractivity contribution in [1.82, 2.24) is 19.8 Å². The Morgan fingerprint density at radius 1 is 1.10 bits per heavy atom. The molecule has 0 atom stereocenters. The van der Waals surface area contributed by atoms with E-state index in [9.17, 15) is 4.79 Å². The molecule has 2 aromatic rings. The van der Waals surface area contributed by atoms with Gasteiger partial charge < -0.3 is 14.5 Å². The molecule has 0 radical (unpaired) electrons. The molecule has 1 aromatic carbocycles. The van der Waals surface area contributed by atoms with E-state index in [4.69, 9.17) is 4.74 Å². The van der Waals surface area contributed by atoms with Crippen LogP contribution in [0.1, 0.15) is 10.5 Å². The summed E-state index contributed by atoms with van der Waals surface area (Å²) >= 11 is 0. The number of nitrogens with zero attached hydrogens (tertiary/aromatic N) is 4. The third-order valence-electron chi connectivity index (χ3n) is 3.72. The zero-order valence-corrected chi connectivity index (χ0v) is 12.2. The lowest BCUT2D eigenvalue weighted by Crippen LogP contribution is -2.47. The van der Waals surface area contributed by atoms with Gasteiger partial charge in [-0.3, -0.25) is 4.79 Å². The Labute approximate surface area is 123 Å². The summed E-state index contributed by atoms with van der Waals surface area (Å²) in [5, 5.41) is 0. The second kappa shape index (κ2) is 5.65. The minimum absolute atomic E-state index is 0.113. The average molecular weight is 286 g/mol. The van der Waals surface area contributed by atoms with E-state index in [1.807, 2.05) is 24.3 Å². The van der Waals surface area contributed by atoms with Crippen LogP contribution in [0, 0.1) is 0 Å². The van der Waals surface area contributed by atoms with Crippen molar-refractivity contribution >= 4 is 16.9 Å². The van der Waals surface area contributed by atoms with Crippen LogP contribution in [0.25, 0.3) is 11.0 Å². The first-order valence-electron chi connectivity index (χ1n) is 6.97. The van der Waals surface area contributed by atoms with Gasteiger partial charge in [-0.1, -0.05) is 12.1 Å². The Morgan fingerprint density at radius 3 is 2.33 bits per heavy atom. The van der Waals surface area contributed by atoms with Crippen molar-refractivity contribution in [3.05, 3.63) is 30.0 Å². The minimum atomic E-state index is -0.113. The largest absolute Gasteiger partial charge is 0.479 e. The fourth-order valence-corrected chi connectivity index (χ4v) is 2.42. The number of hydrogen-bond acceptors (Lipinski definition) is 5. The summed E-state index contributed by atoms with van der Waals surface area (Å²) in [6.07, 6.45) is 0. The maximum Gasteiger partial charge on any atom is 0.278 e. The molecule has 110 valence electrons. The molecule has 1 amide bonds. The highest BCUT2D eigenvalue weighted by Crippen LogP contribution is 2.20. The third-order valence-corrected chi connectivity index (χ3v) is 3.72. The molecule has 0 spiro atoms. The van der Waals surface area contributed by atoms with Gasteiger partial charge in [0.15, 0.2) is 5.69 Å². The standard InChI is InChI=1S/C15H18N4O2/c1-18-7-9-19(10-8-18)15(20)13-14(21-2)17-12-6-4-3-5-11(12)16-13/h3-6H,7-10H2,1-2H3. The fraction of sp³-hybridized carbons (Fsp3) is 0.400. The highest BCUT2D eigenvalue weighted by Gasteiger charge is 2.25. The normalized spacial score (nSPS) is 16.2. The van der Waals surface area contributed by atoms with Gasteiger partial charge in [-0.2, -0.15) is 0 Å². The van der Waals surface area contributed by atoms with Gasteiger partial charge in [0.25, 0.3) is 5.91 Å².